The van der Waals surface area contributed by atoms with Crippen molar-refractivity contribution in [2.24, 2.45) is 0 Å². The maximum absolute atomic E-state index is 12.3. The smallest absolute Gasteiger partial charge is 0.272 e. The lowest BCUT2D eigenvalue weighted by atomic mass is 10.2. The lowest BCUT2D eigenvalue weighted by Crippen LogP contribution is -2.24. The van der Waals surface area contributed by atoms with Crippen LogP contribution in [0.1, 0.15) is 21.6 Å². The highest BCUT2D eigenvalue weighted by atomic mass is 16.5. The lowest BCUT2D eigenvalue weighted by Gasteiger charge is -2.10. The average Bonchev–Trinajstić information content (AvgIpc) is 2.78. The van der Waals surface area contributed by atoms with E-state index in [0.29, 0.717) is 35.1 Å². The molecule has 0 aliphatic heterocycles. The highest BCUT2D eigenvalue weighted by Crippen LogP contribution is 2.27. The van der Waals surface area contributed by atoms with Gasteiger partial charge in [-0.25, -0.2) is 0 Å². The topological polar surface area (TPSA) is 109 Å². The maximum Gasteiger partial charge on any atom is 0.272 e. The molecule has 8 heteroatoms. The third kappa shape index (κ3) is 4.78. The molecule has 0 aliphatic rings. The Morgan fingerprint density at radius 3 is 2.52 bits per heavy atom. The molecule has 2 N–H and O–H groups in total. The van der Waals surface area contributed by atoms with Gasteiger partial charge in [0, 0.05) is 6.54 Å². The van der Waals surface area contributed by atoms with Crippen molar-refractivity contribution in [3.63, 3.8) is 0 Å². The largest absolute Gasteiger partial charge is 0.493 e. The Bertz CT molecular complexity index is 1040. The molecule has 8 nitrogen and oxygen atoms in total. The van der Waals surface area contributed by atoms with E-state index in [1.165, 1.54) is 0 Å². The Morgan fingerprint density at radius 2 is 1.83 bits per heavy atom. The van der Waals surface area contributed by atoms with Gasteiger partial charge in [-0.3, -0.25) is 4.79 Å². The van der Waals surface area contributed by atoms with Gasteiger partial charge >= 0.3 is 0 Å². The Morgan fingerprint density at radius 1 is 1.03 bits per heavy atom. The molecule has 1 aromatic heterocycles. The monoisotopic (exact) mass is 389 g/mol. The van der Waals surface area contributed by atoms with Gasteiger partial charge < -0.3 is 20.1 Å². The minimum atomic E-state index is -0.351. The second-order valence-electron chi connectivity index (χ2n) is 5.96. The van der Waals surface area contributed by atoms with Gasteiger partial charge in [0.05, 0.1) is 25.5 Å². The van der Waals surface area contributed by atoms with Gasteiger partial charge in [-0.1, -0.05) is 18.2 Å². The van der Waals surface area contributed by atoms with Gasteiger partial charge in [0.2, 0.25) is 0 Å². The van der Waals surface area contributed by atoms with E-state index in [0.717, 1.165) is 5.56 Å². The fraction of sp³-hybridized carbons (Fsp3) is 0.143. The Hall–Kier alpha value is -4.12. The molecule has 0 aliphatic carbocycles. The van der Waals surface area contributed by atoms with Crippen LogP contribution in [0, 0.1) is 11.3 Å². The number of benzene rings is 2. The standard InChI is InChI=1S/C21H19N5O3/c1-28-18-9-7-14(11-19(18)29-2)13-23-21(27)17-8-10-20(26-25-17)24-16-6-4-3-5-15(16)12-22/h3-11H,13H2,1-2H3,(H,23,27)(H,24,26). The van der Waals surface area contributed by atoms with E-state index < -0.39 is 0 Å². The Kier molecular flexibility index (Phi) is 6.22. The summed E-state index contributed by atoms with van der Waals surface area (Å²) in [6, 6.07) is 17.8. The molecular weight excluding hydrogens is 370 g/mol. The summed E-state index contributed by atoms with van der Waals surface area (Å²) < 4.78 is 10.5. The third-order valence-electron chi connectivity index (χ3n) is 4.11. The van der Waals surface area contributed by atoms with E-state index in [-0.39, 0.29) is 11.6 Å². The number of aromatic nitrogens is 2. The number of carbonyl (C=O) groups is 1. The van der Waals surface area contributed by atoms with Crippen LogP contribution in [0.2, 0.25) is 0 Å². The summed E-state index contributed by atoms with van der Waals surface area (Å²) in [6.07, 6.45) is 0. The molecule has 0 saturated heterocycles. The lowest BCUT2D eigenvalue weighted by molar-refractivity contribution is 0.0945. The van der Waals surface area contributed by atoms with Crippen molar-refractivity contribution in [2.75, 3.05) is 19.5 Å². The fourth-order valence-electron chi connectivity index (χ4n) is 2.61. The summed E-state index contributed by atoms with van der Waals surface area (Å²) in [5.74, 6) is 1.29. The highest BCUT2D eigenvalue weighted by molar-refractivity contribution is 5.92. The fourth-order valence-corrected chi connectivity index (χ4v) is 2.61. The quantitative estimate of drug-likeness (QED) is 0.639. The van der Waals surface area contributed by atoms with Gasteiger partial charge in [-0.2, -0.15) is 5.26 Å². The summed E-state index contributed by atoms with van der Waals surface area (Å²) in [5, 5.41) is 22.9. The molecule has 29 heavy (non-hydrogen) atoms. The van der Waals surface area contributed by atoms with Crippen LogP contribution in [0.15, 0.2) is 54.6 Å². The summed E-state index contributed by atoms with van der Waals surface area (Å²) in [4.78, 5) is 12.3. The average molecular weight is 389 g/mol. The molecule has 0 unspecified atom stereocenters. The van der Waals surface area contributed by atoms with E-state index in [9.17, 15) is 4.79 Å². The van der Waals surface area contributed by atoms with Gasteiger partial charge in [0.25, 0.3) is 5.91 Å². The molecule has 0 bridgehead atoms. The first-order valence-corrected chi connectivity index (χ1v) is 8.73. The van der Waals surface area contributed by atoms with Crippen molar-refractivity contribution >= 4 is 17.4 Å². The molecule has 3 rings (SSSR count). The van der Waals surface area contributed by atoms with Crippen LogP contribution in [0.5, 0.6) is 11.5 Å². The summed E-state index contributed by atoms with van der Waals surface area (Å²) in [5.41, 5.74) is 2.15. The van der Waals surface area contributed by atoms with Crippen LogP contribution >= 0.6 is 0 Å². The van der Waals surface area contributed by atoms with Crippen LogP contribution in [0.4, 0.5) is 11.5 Å². The molecule has 146 valence electrons. The molecule has 1 amide bonds. The predicted octanol–water partition coefficient (Wildman–Crippen LogP) is 3.04. The number of nitrogens with one attached hydrogen (secondary N) is 2. The van der Waals surface area contributed by atoms with Gasteiger partial charge in [0.1, 0.15) is 6.07 Å². The molecule has 2 aromatic carbocycles. The molecule has 1 heterocycles. The first-order chi connectivity index (χ1) is 14.1. The van der Waals surface area contributed by atoms with Crippen molar-refractivity contribution < 1.29 is 14.3 Å². The summed E-state index contributed by atoms with van der Waals surface area (Å²) >= 11 is 0. The van der Waals surface area contributed by atoms with E-state index in [4.69, 9.17) is 14.7 Å². The minimum absolute atomic E-state index is 0.185. The van der Waals surface area contributed by atoms with Gasteiger partial charge in [-0.05, 0) is 42.0 Å². The molecule has 0 radical (unpaired) electrons. The number of hydrogen-bond donors (Lipinski definition) is 2. The summed E-state index contributed by atoms with van der Waals surface area (Å²) in [7, 11) is 3.12. The van der Waals surface area contributed by atoms with Gasteiger partial charge in [-0.15, -0.1) is 10.2 Å². The van der Waals surface area contributed by atoms with Crippen LogP contribution in [0.3, 0.4) is 0 Å². The number of anilines is 2. The molecule has 0 spiro atoms. The van der Waals surface area contributed by atoms with Crippen molar-refractivity contribution in [2.45, 2.75) is 6.54 Å². The minimum Gasteiger partial charge on any atom is -0.493 e. The van der Waals surface area contributed by atoms with Crippen LogP contribution < -0.4 is 20.1 Å². The predicted molar refractivity (Wildman–Crippen MR) is 107 cm³/mol. The first-order valence-electron chi connectivity index (χ1n) is 8.73. The number of methoxy groups -OCH3 is 2. The van der Waals surface area contributed by atoms with Crippen molar-refractivity contribution in [3.8, 4) is 17.6 Å². The molecule has 0 atom stereocenters. The number of para-hydroxylation sites is 1. The number of ether oxygens (including phenoxy) is 2. The zero-order valence-electron chi connectivity index (χ0n) is 16.0. The Labute approximate surface area is 168 Å². The second-order valence-corrected chi connectivity index (χ2v) is 5.96. The number of carbonyl (C=O) groups excluding carboxylic acids is 1. The zero-order valence-corrected chi connectivity index (χ0v) is 16.0. The normalized spacial score (nSPS) is 9.97. The number of amides is 1. The van der Waals surface area contributed by atoms with E-state index in [1.54, 1.807) is 56.7 Å². The van der Waals surface area contributed by atoms with Crippen LogP contribution in [-0.2, 0) is 6.54 Å². The van der Waals surface area contributed by atoms with Crippen LogP contribution in [0.25, 0.3) is 0 Å². The van der Waals surface area contributed by atoms with Crippen molar-refractivity contribution in [1.29, 1.82) is 5.26 Å². The molecular formula is C21H19N5O3. The number of rotatable bonds is 7. The summed E-state index contributed by atoms with van der Waals surface area (Å²) in [6.45, 7) is 0.302. The molecule has 3 aromatic rings. The SMILES string of the molecule is COc1ccc(CNC(=O)c2ccc(Nc3ccccc3C#N)nn2)cc1OC. The van der Waals surface area contributed by atoms with Gasteiger partial charge in [0.15, 0.2) is 23.0 Å². The third-order valence-corrected chi connectivity index (χ3v) is 4.11. The molecule has 0 saturated carbocycles. The Balaban J connectivity index is 1.63. The van der Waals surface area contributed by atoms with E-state index in [2.05, 4.69) is 26.9 Å². The van der Waals surface area contributed by atoms with Crippen molar-refractivity contribution in [3.05, 3.63) is 71.4 Å². The highest BCUT2D eigenvalue weighted by Gasteiger charge is 2.10. The number of nitriles is 1. The van der Waals surface area contributed by atoms with E-state index >= 15 is 0 Å². The zero-order chi connectivity index (χ0) is 20.6. The van der Waals surface area contributed by atoms with Crippen molar-refractivity contribution in [1.82, 2.24) is 15.5 Å². The number of hydrogen-bond acceptors (Lipinski definition) is 7. The maximum atomic E-state index is 12.3. The number of nitrogens with zero attached hydrogens (tertiary/aromatic N) is 3. The molecule has 0 fully saturated rings. The van der Waals surface area contributed by atoms with Crippen LogP contribution in [-0.4, -0.2) is 30.3 Å². The van der Waals surface area contributed by atoms with E-state index in [1.807, 2.05) is 12.1 Å². The first kappa shape index (κ1) is 19.6. The second kappa shape index (κ2) is 9.19.